The van der Waals surface area contributed by atoms with Gasteiger partial charge in [0.05, 0.1) is 17.9 Å². The number of rotatable bonds is 1. The molecule has 3 unspecified atom stereocenters. The summed E-state index contributed by atoms with van der Waals surface area (Å²) in [5.41, 5.74) is 8.35. The molecule has 6 heterocycles. The lowest BCUT2D eigenvalue weighted by atomic mass is 9.99. The number of nitrogens with zero attached hydrogens (tertiary/aromatic N) is 6. The van der Waals surface area contributed by atoms with Gasteiger partial charge in [-0.2, -0.15) is 4.98 Å². The molecule has 3 aliphatic heterocycles. The third kappa shape index (κ3) is 21.0. The van der Waals surface area contributed by atoms with Crippen LogP contribution < -0.4 is 32.7 Å². The Morgan fingerprint density at radius 2 is 1.39 bits per heavy atom. The van der Waals surface area contributed by atoms with E-state index in [9.17, 15) is 9.59 Å². The SMILES string of the molecule is C.C.C1CCCCC1.CC1CCCNC1.CC1CNCCN1.Cc1ccn(C)c(=O)n1.Cc1ncnc2c1ncn2C.NC(=O)C1CCCNC1. The number of piperidine rings is 2. The van der Waals surface area contributed by atoms with Crippen molar-refractivity contribution >= 4 is 17.1 Å². The highest BCUT2D eigenvalue weighted by atomic mass is 16.1. The van der Waals surface area contributed by atoms with E-state index in [1.807, 2.05) is 18.5 Å². The number of nitrogens with one attached hydrogen (secondary N) is 4. The van der Waals surface area contributed by atoms with Crippen molar-refractivity contribution in [2.24, 2.45) is 31.7 Å². The lowest BCUT2D eigenvalue weighted by Gasteiger charge is -2.19. The van der Waals surface area contributed by atoms with Crippen molar-refractivity contribution in [1.82, 2.24) is 50.3 Å². The molecule has 0 aromatic carbocycles. The number of aryl methyl sites for hydroxylation is 4. The number of aromatic nitrogens is 6. The van der Waals surface area contributed by atoms with Gasteiger partial charge in [0.2, 0.25) is 5.91 Å². The van der Waals surface area contributed by atoms with Gasteiger partial charge in [-0.25, -0.2) is 19.7 Å². The van der Waals surface area contributed by atoms with Gasteiger partial charge in [0.15, 0.2) is 5.65 Å². The van der Waals surface area contributed by atoms with Gasteiger partial charge in [0, 0.05) is 58.2 Å². The molecule has 292 valence electrons. The Balaban J connectivity index is 0.000000590. The van der Waals surface area contributed by atoms with Gasteiger partial charge in [0.25, 0.3) is 0 Å². The van der Waals surface area contributed by atoms with Crippen molar-refractivity contribution in [3.05, 3.63) is 46.8 Å². The maximum Gasteiger partial charge on any atom is 0.347 e. The molecule has 3 aromatic heterocycles. The van der Waals surface area contributed by atoms with Crippen molar-refractivity contribution in [3.8, 4) is 0 Å². The Bertz CT molecular complexity index is 1330. The number of hydrogen-bond donors (Lipinski definition) is 5. The lowest BCUT2D eigenvalue weighted by Crippen LogP contribution is -2.46. The van der Waals surface area contributed by atoms with Crippen LogP contribution in [0.5, 0.6) is 0 Å². The van der Waals surface area contributed by atoms with Crippen molar-refractivity contribution in [1.29, 1.82) is 0 Å². The molecule has 4 fully saturated rings. The van der Waals surface area contributed by atoms with E-state index in [1.54, 1.807) is 38.9 Å². The Hall–Kier alpha value is -3.26. The predicted molar refractivity (Wildman–Crippen MR) is 213 cm³/mol. The average molecular weight is 716 g/mol. The molecule has 3 saturated heterocycles. The van der Waals surface area contributed by atoms with Gasteiger partial charge < -0.3 is 36.1 Å². The van der Waals surface area contributed by atoms with Gasteiger partial charge in [-0.3, -0.25) is 4.79 Å². The van der Waals surface area contributed by atoms with E-state index in [2.05, 4.69) is 55.1 Å². The number of carbonyl (C=O) groups is 1. The minimum absolute atomic E-state index is 0. The fraction of sp³-hybridized carbons (Fsp3) is 0.737. The molecule has 0 bridgehead atoms. The second kappa shape index (κ2) is 28.3. The second-order valence-corrected chi connectivity index (χ2v) is 13.5. The molecule has 1 saturated carbocycles. The second-order valence-electron chi connectivity index (χ2n) is 13.5. The number of fused-ring (bicyclic) bond motifs is 1. The van der Waals surface area contributed by atoms with Crippen molar-refractivity contribution in [2.45, 2.75) is 113 Å². The first kappa shape index (κ1) is 47.7. The van der Waals surface area contributed by atoms with Crippen LogP contribution in [0.15, 0.2) is 29.7 Å². The number of imidazole rings is 1. The largest absolute Gasteiger partial charge is 0.369 e. The first-order valence-corrected chi connectivity index (χ1v) is 18.3. The number of hydrogen-bond acceptors (Lipinski definition) is 10. The maximum atomic E-state index is 10.7. The summed E-state index contributed by atoms with van der Waals surface area (Å²) in [6.45, 7) is 15.9. The molecule has 0 spiro atoms. The van der Waals surface area contributed by atoms with Crippen LogP contribution in [0.3, 0.4) is 0 Å². The summed E-state index contributed by atoms with van der Waals surface area (Å²) in [6, 6.07) is 2.47. The summed E-state index contributed by atoms with van der Waals surface area (Å²) in [6.07, 6.45) is 18.8. The number of nitrogens with two attached hydrogens (primary N) is 1. The van der Waals surface area contributed by atoms with Crippen LogP contribution in [0.4, 0.5) is 0 Å². The monoisotopic (exact) mass is 716 g/mol. The molecule has 13 nitrogen and oxygen atoms in total. The zero-order chi connectivity index (χ0) is 35.9. The van der Waals surface area contributed by atoms with Crippen molar-refractivity contribution in [2.75, 3.05) is 45.8 Å². The molecule has 4 aliphatic rings. The molecule has 1 amide bonds. The fourth-order valence-corrected chi connectivity index (χ4v) is 5.59. The summed E-state index contributed by atoms with van der Waals surface area (Å²) >= 11 is 0. The third-order valence-corrected chi connectivity index (χ3v) is 8.78. The van der Waals surface area contributed by atoms with Gasteiger partial charge in [-0.15, -0.1) is 0 Å². The highest BCUT2D eigenvalue weighted by Gasteiger charge is 2.17. The van der Waals surface area contributed by atoms with Crippen molar-refractivity contribution < 1.29 is 4.79 Å². The zero-order valence-corrected chi connectivity index (χ0v) is 31.1. The normalized spacial score (nSPS) is 20.8. The molecule has 7 rings (SSSR count). The van der Waals surface area contributed by atoms with Gasteiger partial charge in [0.1, 0.15) is 11.8 Å². The minimum atomic E-state index is -0.199. The molecule has 3 aromatic rings. The fourth-order valence-electron chi connectivity index (χ4n) is 5.59. The van der Waals surface area contributed by atoms with Crippen molar-refractivity contribution in [3.63, 3.8) is 0 Å². The molecule has 1 aliphatic carbocycles. The number of amides is 1. The van der Waals surface area contributed by atoms with E-state index >= 15 is 0 Å². The molecule has 51 heavy (non-hydrogen) atoms. The van der Waals surface area contributed by atoms with Crippen LogP contribution in [0.1, 0.15) is 104 Å². The van der Waals surface area contributed by atoms with E-state index < -0.39 is 0 Å². The van der Waals surface area contributed by atoms with E-state index in [0.717, 1.165) is 74.0 Å². The molecule has 0 radical (unpaired) electrons. The lowest BCUT2D eigenvalue weighted by molar-refractivity contribution is -0.122. The minimum Gasteiger partial charge on any atom is -0.369 e. The van der Waals surface area contributed by atoms with Gasteiger partial charge >= 0.3 is 5.69 Å². The standard InChI is InChI=1S/C7H8N4.C6H8N2O.C6H12N2O.C6H13N.C6H12.C5H12N2.2CH4/c1-5-6-7(9-3-8-5)11(2)4-10-6;1-5-3-4-8(2)6(9)7-5;7-6(9)5-2-1-3-8-4-5;1-6-3-2-4-7-5-6;1-2-4-6-5-3-1;1-5-4-6-2-3-7-5;;/h3-4H,1-2H3;3-4H,1-2H3;5,8H,1-4H2,(H2,7,9);6-7H,2-5H2,1H3;1-6H2;5-7H,2-4H2,1H3;2*1H4. The van der Waals surface area contributed by atoms with E-state index in [4.69, 9.17) is 5.73 Å². The number of piperazine rings is 1. The molecular weight excluding hydrogens is 642 g/mol. The molecular formula is C38H73N11O2. The summed E-state index contributed by atoms with van der Waals surface area (Å²) in [7, 11) is 3.59. The highest BCUT2D eigenvalue weighted by Crippen LogP contribution is 2.15. The first-order chi connectivity index (χ1) is 23.6. The van der Waals surface area contributed by atoms with E-state index in [1.165, 1.54) is 69.0 Å². The first-order valence-electron chi connectivity index (χ1n) is 18.3. The Morgan fingerprint density at radius 1 is 0.784 bits per heavy atom. The molecule has 3 atom stereocenters. The quantitative estimate of drug-likeness (QED) is 0.243. The summed E-state index contributed by atoms with van der Waals surface area (Å²) in [5.74, 6) is 0.842. The Labute approximate surface area is 308 Å². The van der Waals surface area contributed by atoms with E-state index in [0.29, 0.717) is 6.04 Å². The van der Waals surface area contributed by atoms with E-state index in [-0.39, 0.29) is 32.4 Å². The topological polar surface area (TPSA) is 170 Å². The summed E-state index contributed by atoms with van der Waals surface area (Å²) < 4.78 is 3.32. The molecule has 6 N–H and O–H groups in total. The van der Waals surface area contributed by atoms with Crippen LogP contribution in [-0.4, -0.2) is 86.8 Å². The highest BCUT2D eigenvalue weighted by molar-refractivity contribution is 5.76. The summed E-state index contributed by atoms with van der Waals surface area (Å²) in [5, 5.41) is 13.0. The van der Waals surface area contributed by atoms with Gasteiger partial charge in [-0.05, 0) is 78.1 Å². The van der Waals surface area contributed by atoms with Crippen LogP contribution in [0.25, 0.3) is 11.2 Å². The van der Waals surface area contributed by atoms with Crippen LogP contribution in [-0.2, 0) is 18.9 Å². The number of carbonyl (C=O) groups excluding carboxylic acids is 1. The van der Waals surface area contributed by atoms with Crippen LogP contribution >= 0.6 is 0 Å². The Morgan fingerprint density at radius 3 is 1.76 bits per heavy atom. The Kier molecular flexibility index (Phi) is 26.5. The average Bonchev–Trinajstić information content (AvgIpc) is 3.51. The zero-order valence-electron chi connectivity index (χ0n) is 31.1. The third-order valence-electron chi connectivity index (χ3n) is 8.78. The summed E-state index contributed by atoms with van der Waals surface area (Å²) in [4.78, 5) is 37.2. The van der Waals surface area contributed by atoms with Crippen LogP contribution in [0.2, 0.25) is 0 Å². The van der Waals surface area contributed by atoms with Gasteiger partial charge in [-0.1, -0.05) is 60.3 Å². The number of primary amides is 1. The molecule has 13 heteroatoms. The predicted octanol–water partition coefficient (Wildman–Crippen LogP) is 4.42. The maximum absolute atomic E-state index is 10.7. The smallest absolute Gasteiger partial charge is 0.347 e. The van der Waals surface area contributed by atoms with Crippen LogP contribution in [0, 0.1) is 25.7 Å².